The number of aryl methyl sites for hydroxylation is 1. The Morgan fingerprint density at radius 3 is 2.88 bits per heavy atom. The van der Waals surface area contributed by atoms with E-state index in [1.807, 2.05) is 55.3 Å². The molecule has 0 amide bonds. The maximum atomic E-state index is 5.85. The summed E-state index contributed by atoms with van der Waals surface area (Å²) in [6, 6.07) is 10.00. The van der Waals surface area contributed by atoms with Gasteiger partial charge < -0.3 is 9.64 Å². The van der Waals surface area contributed by atoms with Crippen LogP contribution in [0.25, 0.3) is 6.08 Å². The van der Waals surface area contributed by atoms with Crippen LogP contribution in [0.2, 0.25) is 0 Å². The number of nitrogens with zero attached hydrogens (tertiary/aromatic N) is 3. The zero-order valence-electron chi connectivity index (χ0n) is 14.3. The first kappa shape index (κ1) is 18.2. The van der Waals surface area contributed by atoms with E-state index in [-0.39, 0.29) is 0 Å². The summed E-state index contributed by atoms with van der Waals surface area (Å²) < 4.78 is 6.64. The molecule has 126 valence electrons. The SMILES string of the molecule is C=Cc1cccc(COc2nc(C)c(/N=C/N(C)CC)cc2Br)c1. The molecule has 1 aromatic carbocycles. The van der Waals surface area contributed by atoms with E-state index in [1.165, 1.54) is 0 Å². The third-order valence-corrected chi connectivity index (χ3v) is 4.13. The molecule has 2 rings (SSSR count). The summed E-state index contributed by atoms with van der Waals surface area (Å²) in [7, 11) is 1.98. The van der Waals surface area contributed by atoms with Gasteiger partial charge in [0.1, 0.15) is 6.61 Å². The predicted molar refractivity (Wildman–Crippen MR) is 104 cm³/mol. The molecule has 0 aliphatic heterocycles. The normalized spacial score (nSPS) is 10.8. The lowest BCUT2D eigenvalue weighted by Crippen LogP contribution is -2.14. The Kier molecular flexibility index (Phi) is 6.55. The topological polar surface area (TPSA) is 37.7 Å². The average Bonchev–Trinajstić information content (AvgIpc) is 2.60. The van der Waals surface area contributed by atoms with E-state index in [2.05, 4.69) is 39.4 Å². The van der Waals surface area contributed by atoms with Crippen molar-refractivity contribution in [2.45, 2.75) is 20.5 Å². The number of benzene rings is 1. The summed E-state index contributed by atoms with van der Waals surface area (Å²) in [6.45, 7) is 9.14. The smallest absolute Gasteiger partial charge is 0.228 e. The third kappa shape index (κ3) is 4.93. The molecule has 0 unspecified atom stereocenters. The van der Waals surface area contributed by atoms with Crippen molar-refractivity contribution in [2.24, 2.45) is 4.99 Å². The molecule has 0 fully saturated rings. The van der Waals surface area contributed by atoms with Gasteiger partial charge in [0.15, 0.2) is 0 Å². The molecule has 0 N–H and O–H groups in total. The highest BCUT2D eigenvalue weighted by Crippen LogP contribution is 2.30. The van der Waals surface area contributed by atoms with Gasteiger partial charge in [0.25, 0.3) is 0 Å². The molecule has 0 aliphatic carbocycles. The summed E-state index contributed by atoms with van der Waals surface area (Å²) >= 11 is 3.52. The summed E-state index contributed by atoms with van der Waals surface area (Å²) in [4.78, 5) is 11.0. The van der Waals surface area contributed by atoms with Gasteiger partial charge >= 0.3 is 0 Å². The number of hydrogen-bond donors (Lipinski definition) is 0. The Labute approximate surface area is 152 Å². The van der Waals surface area contributed by atoms with Gasteiger partial charge in [0, 0.05) is 13.6 Å². The molecule has 5 heteroatoms. The number of rotatable bonds is 7. The molecule has 1 aromatic heterocycles. The lowest BCUT2D eigenvalue weighted by Gasteiger charge is -2.11. The van der Waals surface area contributed by atoms with Crippen molar-refractivity contribution in [1.29, 1.82) is 0 Å². The predicted octanol–water partition coefficient (Wildman–Crippen LogP) is 4.99. The van der Waals surface area contributed by atoms with Crippen LogP contribution in [0.4, 0.5) is 5.69 Å². The van der Waals surface area contributed by atoms with Crippen LogP contribution in [0, 0.1) is 6.92 Å². The minimum atomic E-state index is 0.452. The number of aromatic nitrogens is 1. The number of hydrogen-bond acceptors (Lipinski definition) is 3. The minimum absolute atomic E-state index is 0.452. The van der Waals surface area contributed by atoms with Crippen LogP contribution in [-0.2, 0) is 6.61 Å². The summed E-state index contributed by atoms with van der Waals surface area (Å²) in [5.41, 5.74) is 3.80. The second kappa shape index (κ2) is 8.64. The van der Waals surface area contributed by atoms with E-state index in [9.17, 15) is 0 Å². The average molecular weight is 388 g/mol. The second-order valence-electron chi connectivity index (χ2n) is 5.44. The van der Waals surface area contributed by atoms with Gasteiger partial charge in [0.2, 0.25) is 5.88 Å². The van der Waals surface area contributed by atoms with Crippen molar-refractivity contribution in [3.8, 4) is 5.88 Å². The Hall–Kier alpha value is -2.14. The maximum Gasteiger partial charge on any atom is 0.228 e. The first-order valence-electron chi connectivity index (χ1n) is 7.79. The van der Waals surface area contributed by atoms with E-state index in [4.69, 9.17) is 4.74 Å². The molecule has 4 nitrogen and oxygen atoms in total. The van der Waals surface area contributed by atoms with E-state index < -0.39 is 0 Å². The highest BCUT2D eigenvalue weighted by atomic mass is 79.9. The van der Waals surface area contributed by atoms with Crippen molar-refractivity contribution in [3.05, 3.63) is 58.2 Å². The summed E-state index contributed by atoms with van der Waals surface area (Å²) in [5.74, 6) is 0.569. The molecule has 0 saturated heterocycles. The van der Waals surface area contributed by atoms with Gasteiger partial charge in [0.05, 0.1) is 22.2 Å². The zero-order chi connectivity index (χ0) is 17.5. The van der Waals surface area contributed by atoms with Crippen LogP contribution in [-0.4, -0.2) is 29.8 Å². The van der Waals surface area contributed by atoms with Crippen LogP contribution >= 0.6 is 15.9 Å². The van der Waals surface area contributed by atoms with Gasteiger partial charge in [-0.15, -0.1) is 0 Å². The summed E-state index contributed by atoms with van der Waals surface area (Å²) in [5, 5.41) is 0. The number of pyridine rings is 1. The van der Waals surface area contributed by atoms with E-state index in [0.29, 0.717) is 12.5 Å². The van der Waals surface area contributed by atoms with Crippen LogP contribution in [0.5, 0.6) is 5.88 Å². The van der Waals surface area contributed by atoms with Gasteiger partial charge in [-0.2, -0.15) is 0 Å². The molecule has 0 aliphatic rings. The van der Waals surface area contributed by atoms with Gasteiger partial charge in [-0.25, -0.2) is 9.98 Å². The molecule has 24 heavy (non-hydrogen) atoms. The molecular weight excluding hydrogens is 366 g/mol. The minimum Gasteiger partial charge on any atom is -0.472 e. The molecule has 0 saturated carbocycles. The van der Waals surface area contributed by atoms with Gasteiger partial charge in [-0.3, -0.25) is 0 Å². The number of ether oxygens (including phenoxy) is 1. The van der Waals surface area contributed by atoms with Crippen LogP contribution in [0.1, 0.15) is 23.7 Å². The van der Waals surface area contributed by atoms with E-state index in [0.717, 1.165) is 33.5 Å². The third-order valence-electron chi connectivity index (χ3n) is 3.56. The highest BCUT2D eigenvalue weighted by Gasteiger charge is 2.08. The molecule has 0 bridgehead atoms. The maximum absolute atomic E-state index is 5.85. The standard InChI is InChI=1S/C19H22BrN3O/c1-5-15-8-7-9-16(10-15)12-24-19-17(20)11-18(14(3)22-19)21-13-23(4)6-2/h5,7-11,13H,1,6,12H2,2-4H3/b21-13+. The van der Waals surface area contributed by atoms with Crippen molar-refractivity contribution in [2.75, 3.05) is 13.6 Å². The first-order valence-corrected chi connectivity index (χ1v) is 8.58. The van der Waals surface area contributed by atoms with Crippen LogP contribution in [0.3, 0.4) is 0 Å². The molecule has 0 spiro atoms. The fourth-order valence-electron chi connectivity index (χ4n) is 1.99. The largest absolute Gasteiger partial charge is 0.472 e. The Balaban J connectivity index is 2.12. The van der Waals surface area contributed by atoms with Crippen molar-refractivity contribution in [3.63, 3.8) is 0 Å². The van der Waals surface area contributed by atoms with Crippen LogP contribution in [0.15, 0.2) is 46.4 Å². The second-order valence-corrected chi connectivity index (χ2v) is 6.29. The lowest BCUT2D eigenvalue weighted by molar-refractivity contribution is 0.291. The number of halogens is 1. The zero-order valence-corrected chi connectivity index (χ0v) is 15.9. The Bertz CT molecular complexity index is 743. The Morgan fingerprint density at radius 1 is 1.38 bits per heavy atom. The highest BCUT2D eigenvalue weighted by molar-refractivity contribution is 9.10. The van der Waals surface area contributed by atoms with Crippen molar-refractivity contribution < 1.29 is 4.74 Å². The van der Waals surface area contributed by atoms with E-state index >= 15 is 0 Å². The molecule has 0 radical (unpaired) electrons. The van der Waals surface area contributed by atoms with Gasteiger partial charge in [-0.05, 0) is 53.0 Å². The molecule has 1 heterocycles. The van der Waals surface area contributed by atoms with Gasteiger partial charge in [-0.1, -0.05) is 30.9 Å². The van der Waals surface area contributed by atoms with Crippen molar-refractivity contribution in [1.82, 2.24) is 9.88 Å². The molecular formula is C19H22BrN3O. The fraction of sp³-hybridized carbons (Fsp3) is 0.263. The summed E-state index contributed by atoms with van der Waals surface area (Å²) in [6.07, 6.45) is 3.62. The lowest BCUT2D eigenvalue weighted by atomic mass is 10.1. The van der Waals surface area contributed by atoms with E-state index in [1.54, 1.807) is 6.34 Å². The van der Waals surface area contributed by atoms with Crippen LogP contribution < -0.4 is 4.74 Å². The van der Waals surface area contributed by atoms with Crippen molar-refractivity contribution >= 4 is 34.0 Å². The number of aliphatic imine (C=N–C) groups is 1. The Morgan fingerprint density at radius 2 is 2.17 bits per heavy atom. The quantitative estimate of drug-likeness (QED) is 0.496. The molecule has 2 aromatic rings. The fourth-order valence-corrected chi connectivity index (χ4v) is 2.41. The molecule has 0 atom stereocenters. The monoisotopic (exact) mass is 387 g/mol. The first-order chi connectivity index (χ1) is 11.5.